The van der Waals surface area contributed by atoms with Crippen molar-refractivity contribution < 1.29 is 9.90 Å². The molecule has 0 aliphatic carbocycles. The molecule has 0 bridgehead atoms. The lowest BCUT2D eigenvalue weighted by Gasteiger charge is -2.09. The van der Waals surface area contributed by atoms with Crippen molar-refractivity contribution in [1.29, 1.82) is 0 Å². The zero-order chi connectivity index (χ0) is 13.1. The number of nitrogens with two attached hydrogens (primary N) is 1. The summed E-state index contributed by atoms with van der Waals surface area (Å²) in [6, 6.07) is 8.96. The van der Waals surface area contributed by atoms with Crippen LogP contribution in [0.15, 0.2) is 36.5 Å². The summed E-state index contributed by atoms with van der Waals surface area (Å²) in [5, 5.41) is 12.0. The van der Waals surface area contributed by atoms with Crippen molar-refractivity contribution in [2.45, 2.75) is 6.92 Å². The molecule has 0 radical (unpaired) electrons. The Morgan fingerprint density at radius 3 is 2.61 bits per heavy atom. The van der Waals surface area contributed by atoms with Crippen LogP contribution in [-0.2, 0) is 0 Å². The van der Waals surface area contributed by atoms with E-state index in [0.29, 0.717) is 5.69 Å². The van der Waals surface area contributed by atoms with Gasteiger partial charge in [-0.05, 0) is 25.1 Å². The molecule has 4 N–H and O–H groups in total. The van der Waals surface area contributed by atoms with E-state index in [1.165, 1.54) is 12.3 Å². The maximum absolute atomic E-state index is 11.1. The highest BCUT2D eigenvalue weighted by molar-refractivity contribution is 5.94. The van der Waals surface area contributed by atoms with E-state index < -0.39 is 5.97 Å². The van der Waals surface area contributed by atoms with Gasteiger partial charge in [0.2, 0.25) is 0 Å². The summed E-state index contributed by atoms with van der Waals surface area (Å²) in [5.41, 5.74) is 7.80. The Kier molecular flexibility index (Phi) is 3.14. The zero-order valence-electron chi connectivity index (χ0n) is 9.84. The van der Waals surface area contributed by atoms with Crippen molar-refractivity contribution in [2.24, 2.45) is 0 Å². The molecule has 1 aromatic carbocycles. The lowest BCUT2D eigenvalue weighted by atomic mass is 10.2. The summed E-state index contributed by atoms with van der Waals surface area (Å²) >= 11 is 0. The Balaban J connectivity index is 2.34. The topological polar surface area (TPSA) is 88.2 Å². The summed E-state index contributed by atoms with van der Waals surface area (Å²) in [6.45, 7) is 1.98. The fourth-order valence-electron chi connectivity index (χ4n) is 1.52. The molecule has 5 nitrogen and oxygen atoms in total. The Morgan fingerprint density at radius 2 is 2.00 bits per heavy atom. The van der Waals surface area contributed by atoms with E-state index in [-0.39, 0.29) is 11.4 Å². The molecule has 0 aliphatic rings. The van der Waals surface area contributed by atoms with Crippen LogP contribution in [-0.4, -0.2) is 16.1 Å². The highest BCUT2D eigenvalue weighted by Crippen LogP contribution is 2.20. The van der Waals surface area contributed by atoms with Gasteiger partial charge in [-0.1, -0.05) is 17.7 Å². The van der Waals surface area contributed by atoms with Crippen molar-refractivity contribution in [3.8, 4) is 0 Å². The molecule has 92 valence electrons. The summed E-state index contributed by atoms with van der Waals surface area (Å²) < 4.78 is 0. The van der Waals surface area contributed by atoms with Crippen LogP contribution in [0.4, 0.5) is 17.2 Å². The smallest absolute Gasteiger partial charge is 0.339 e. The minimum atomic E-state index is -1.07. The van der Waals surface area contributed by atoms with Gasteiger partial charge in [-0.25, -0.2) is 9.78 Å². The number of nitrogen functional groups attached to an aromatic ring is 1. The average molecular weight is 243 g/mol. The lowest BCUT2D eigenvalue weighted by Crippen LogP contribution is -2.06. The van der Waals surface area contributed by atoms with E-state index >= 15 is 0 Å². The molecule has 2 rings (SSSR count). The van der Waals surface area contributed by atoms with Crippen molar-refractivity contribution in [1.82, 2.24) is 4.98 Å². The minimum Gasteiger partial charge on any atom is -0.478 e. The number of aryl methyl sites for hydroxylation is 1. The van der Waals surface area contributed by atoms with Crippen LogP contribution in [0, 0.1) is 6.92 Å². The van der Waals surface area contributed by atoms with E-state index in [1.807, 2.05) is 31.2 Å². The van der Waals surface area contributed by atoms with Gasteiger partial charge in [0.05, 0.1) is 11.9 Å². The van der Waals surface area contributed by atoms with Crippen LogP contribution >= 0.6 is 0 Å². The number of aromatic carboxylic acids is 1. The molecular weight excluding hydrogens is 230 g/mol. The first-order chi connectivity index (χ1) is 8.56. The fraction of sp³-hybridized carbons (Fsp3) is 0.0769. The molecule has 0 atom stereocenters. The fourth-order valence-corrected chi connectivity index (χ4v) is 1.52. The molecule has 0 saturated heterocycles. The molecule has 0 saturated carbocycles. The number of carbonyl (C=O) groups is 1. The molecule has 1 heterocycles. The molecule has 0 aliphatic heterocycles. The Bertz CT molecular complexity index is 579. The molecule has 0 unspecified atom stereocenters. The van der Waals surface area contributed by atoms with Gasteiger partial charge in [-0.15, -0.1) is 0 Å². The van der Waals surface area contributed by atoms with Crippen LogP contribution in [0.5, 0.6) is 0 Å². The molecule has 0 spiro atoms. The zero-order valence-corrected chi connectivity index (χ0v) is 9.84. The van der Waals surface area contributed by atoms with Gasteiger partial charge in [0.25, 0.3) is 0 Å². The van der Waals surface area contributed by atoms with Gasteiger partial charge in [0.1, 0.15) is 11.4 Å². The first-order valence-electron chi connectivity index (χ1n) is 5.39. The lowest BCUT2D eigenvalue weighted by molar-refractivity contribution is 0.0697. The number of nitrogens with one attached hydrogen (secondary N) is 1. The summed E-state index contributed by atoms with van der Waals surface area (Å²) in [5.74, 6) is -0.787. The number of hydrogen-bond donors (Lipinski definition) is 3. The standard InChI is InChI=1S/C13H13N3O2/c1-8-2-4-10(5-3-8)16-12-11(13(17)18)6-9(14)7-15-12/h2-7H,14H2,1H3,(H,15,16)(H,17,18). The molecular formula is C13H13N3O2. The van der Waals surface area contributed by atoms with E-state index in [0.717, 1.165) is 11.3 Å². The van der Waals surface area contributed by atoms with Gasteiger partial charge < -0.3 is 16.2 Å². The monoisotopic (exact) mass is 243 g/mol. The number of rotatable bonds is 3. The van der Waals surface area contributed by atoms with Gasteiger partial charge >= 0.3 is 5.97 Å². The van der Waals surface area contributed by atoms with E-state index in [4.69, 9.17) is 10.8 Å². The van der Waals surface area contributed by atoms with Crippen LogP contribution in [0.2, 0.25) is 0 Å². The first kappa shape index (κ1) is 11.9. The third-order valence-electron chi connectivity index (χ3n) is 2.45. The second-order valence-electron chi connectivity index (χ2n) is 3.96. The van der Waals surface area contributed by atoms with Crippen molar-refractivity contribution in [3.05, 3.63) is 47.7 Å². The Hall–Kier alpha value is -2.56. The summed E-state index contributed by atoms with van der Waals surface area (Å²) in [4.78, 5) is 15.1. The average Bonchev–Trinajstić information content (AvgIpc) is 2.34. The second-order valence-corrected chi connectivity index (χ2v) is 3.96. The van der Waals surface area contributed by atoms with Crippen molar-refractivity contribution in [3.63, 3.8) is 0 Å². The normalized spacial score (nSPS) is 10.1. The quantitative estimate of drug-likeness (QED) is 0.770. The number of aromatic nitrogens is 1. The van der Waals surface area contributed by atoms with Crippen molar-refractivity contribution in [2.75, 3.05) is 11.1 Å². The van der Waals surface area contributed by atoms with Gasteiger partial charge in [-0.3, -0.25) is 0 Å². The number of benzene rings is 1. The molecule has 0 fully saturated rings. The van der Waals surface area contributed by atoms with Crippen LogP contribution in [0.3, 0.4) is 0 Å². The van der Waals surface area contributed by atoms with Crippen LogP contribution in [0.1, 0.15) is 15.9 Å². The van der Waals surface area contributed by atoms with Crippen molar-refractivity contribution >= 4 is 23.2 Å². The largest absolute Gasteiger partial charge is 0.478 e. The summed E-state index contributed by atoms with van der Waals surface area (Å²) in [7, 11) is 0. The van der Waals surface area contributed by atoms with Crippen LogP contribution < -0.4 is 11.1 Å². The summed E-state index contributed by atoms with van der Waals surface area (Å²) in [6.07, 6.45) is 1.42. The number of hydrogen-bond acceptors (Lipinski definition) is 4. The molecule has 5 heteroatoms. The van der Waals surface area contributed by atoms with E-state index in [9.17, 15) is 4.79 Å². The van der Waals surface area contributed by atoms with E-state index in [1.54, 1.807) is 0 Å². The number of nitrogens with zero attached hydrogens (tertiary/aromatic N) is 1. The molecule has 1 aromatic heterocycles. The molecule has 18 heavy (non-hydrogen) atoms. The Labute approximate surface area is 104 Å². The third-order valence-corrected chi connectivity index (χ3v) is 2.45. The third kappa shape index (κ3) is 2.57. The number of carboxylic acids is 1. The Morgan fingerprint density at radius 1 is 1.33 bits per heavy atom. The maximum Gasteiger partial charge on any atom is 0.339 e. The predicted molar refractivity (Wildman–Crippen MR) is 70.1 cm³/mol. The highest BCUT2D eigenvalue weighted by atomic mass is 16.4. The van der Waals surface area contributed by atoms with E-state index in [2.05, 4.69) is 10.3 Å². The number of anilines is 3. The highest BCUT2D eigenvalue weighted by Gasteiger charge is 2.12. The number of carboxylic acid groups (broad SMARTS) is 1. The molecule has 0 amide bonds. The molecule has 2 aromatic rings. The predicted octanol–water partition coefficient (Wildman–Crippen LogP) is 2.41. The second kappa shape index (κ2) is 4.75. The minimum absolute atomic E-state index is 0.0515. The van der Waals surface area contributed by atoms with Gasteiger partial charge in [-0.2, -0.15) is 0 Å². The van der Waals surface area contributed by atoms with Crippen LogP contribution in [0.25, 0.3) is 0 Å². The maximum atomic E-state index is 11.1. The van der Waals surface area contributed by atoms with Gasteiger partial charge in [0, 0.05) is 5.69 Å². The SMILES string of the molecule is Cc1ccc(Nc2ncc(N)cc2C(=O)O)cc1. The van der Waals surface area contributed by atoms with Gasteiger partial charge in [0.15, 0.2) is 0 Å². The number of pyridine rings is 1. The first-order valence-corrected chi connectivity index (χ1v) is 5.39.